The molecule has 1 unspecified atom stereocenters. The van der Waals surface area contributed by atoms with Gasteiger partial charge in [0, 0.05) is 32.7 Å². The van der Waals surface area contributed by atoms with Crippen molar-refractivity contribution in [2.24, 2.45) is 0 Å². The average molecular weight is 229 g/mol. The molecule has 16 heavy (non-hydrogen) atoms. The maximum absolute atomic E-state index is 11.3. The summed E-state index contributed by atoms with van der Waals surface area (Å²) in [5, 5.41) is 8.50. The first-order valence-corrected chi connectivity index (χ1v) is 5.48. The second kappa shape index (κ2) is 7.19. The van der Waals surface area contributed by atoms with Crippen LogP contribution >= 0.6 is 0 Å². The molecule has 0 spiro atoms. The summed E-state index contributed by atoms with van der Waals surface area (Å²) in [5.41, 5.74) is 0. The van der Waals surface area contributed by atoms with E-state index in [1.807, 2.05) is 0 Å². The molecule has 1 rings (SSSR count). The summed E-state index contributed by atoms with van der Waals surface area (Å²) in [6.45, 7) is 2.04. The Kier molecular flexibility index (Phi) is 5.81. The van der Waals surface area contributed by atoms with E-state index in [1.165, 1.54) is 0 Å². The van der Waals surface area contributed by atoms with Crippen LogP contribution in [0.2, 0.25) is 0 Å². The summed E-state index contributed by atoms with van der Waals surface area (Å²) in [4.78, 5) is 22.2. The number of nitrogens with one attached hydrogen (secondary N) is 3. The van der Waals surface area contributed by atoms with Gasteiger partial charge in [-0.05, 0) is 6.42 Å². The van der Waals surface area contributed by atoms with Crippen LogP contribution < -0.4 is 16.0 Å². The Bertz CT molecular complexity index is 245. The van der Waals surface area contributed by atoms with E-state index in [0.717, 1.165) is 6.42 Å². The van der Waals surface area contributed by atoms with Gasteiger partial charge in [-0.3, -0.25) is 9.59 Å². The summed E-state index contributed by atoms with van der Waals surface area (Å²) < 4.78 is 4.84. The van der Waals surface area contributed by atoms with Crippen molar-refractivity contribution in [1.82, 2.24) is 16.0 Å². The molecule has 1 atom stereocenters. The Morgan fingerprint density at radius 1 is 1.62 bits per heavy atom. The van der Waals surface area contributed by atoms with E-state index in [2.05, 4.69) is 16.0 Å². The highest BCUT2D eigenvalue weighted by Crippen LogP contribution is 2.04. The number of carbonyl (C=O) groups excluding carboxylic acids is 2. The van der Waals surface area contributed by atoms with Crippen LogP contribution in [0.1, 0.15) is 12.8 Å². The minimum atomic E-state index is -0.0581. The molecule has 0 aromatic rings. The lowest BCUT2D eigenvalue weighted by atomic mass is 10.2. The van der Waals surface area contributed by atoms with Gasteiger partial charge < -0.3 is 20.7 Å². The molecule has 1 saturated heterocycles. The first kappa shape index (κ1) is 12.9. The quantitative estimate of drug-likeness (QED) is 0.470. The molecule has 0 aromatic carbocycles. The largest absolute Gasteiger partial charge is 0.383 e. The smallest absolute Gasteiger partial charge is 0.234 e. The molecule has 92 valence electrons. The van der Waals surface area contributed by atoms with Gasteiger partial charge in [0.2, 0.25) is 11.8 Å². The SMILES string of the molecule is COCCNCC(=O)NCC1CCC(=O)N1. The molecule has 1 fully saturated rings. The highest BCUT2D eigenvalue weighted by Gasteiger charge is 2.20. The molecule has 3 N–H and O–H groups in total. The van der Waals surface area contributed by atoms with E-state index < -0.39 is 0 Å². The zero-order chi connectivity index (χ0) is 11.8. The summed E-state index contributed by atoms with van der Waals surface area (Å²) in [7, 11) is 1.62. The zero-order valence-corrected chi connectivity index (χ0v) is 9.54. The van der Waals surface area contributed by atoms with Gasteiger partial charge in [0.05, 0.1) is 13.2 Å². The first-order valence-electron chi connectivity index (χ1n) is 5.48. The second-order valence-corrected chi connectivity index (χ2v) is 3.78. The number of amides is 2. The van der Waals surface area contributed by atoms with E-state index in [4.69, 9.17) is 4.74 Å². The van der Waals surface area contributed by atoms with Crippen LogP contribution in [0.3, 0.4) is 0 Å². The zero-order valence-electron chi connectivity index (χ0n) is 9.54. The Hall–Kier alpha value is -1.14. The van der Waals surface area contributed by atoms with Gasteiger partial charge in [-0.2, -0.15) is 0 Å². The van der Waals surface area contributed by atoms with Gasteiger partial charge in [0.25, 0.3) is 0 Å². The molecule has 0 bridgehead atoms. The van der Waals surface area contributed by atoms with Crippen LogP contribution in [0, 0.1) is 0 Å². The number of carbonyl (C=O) groups is 2. The van der Waals surface area contributed by atoms with Crippen molar-refractivity contribution in [3.8, 4) is 0 Å². The fourth-order valence-corrected chi connectivity index (χ4v) is 1.51. The highest BCUT2D eigenvalue weighted by molar-refractivity contribution is 5.79. The van der Waals surface area contributed by atoms with Crippen molar-refractivity contribution < 1.29 is 14.3 Å². The van der Waals surface area contributed by atoms with Gasteiger partial charge >= 0.3 is 0 Å². The molecular weight excluding hydrogens is 210 g/mol. The predicted octanol–water partition coefficient (Wildman–Crippen LogP) is -1.38. The second-order valence-electron chi connectivity index (χ2n) is 3.78. The van der Waals surface area contributed by atoms with E-state index in [9.17, 15) is 9.59 Å². The van der Waals surface area contributed by atoms with Gasteiger partial charge in [0.1, 0.15) is 0 Å². The fourth-order valence-electron chi connectivity index (χ4n) is 1.51. The number of hydrogen-bond acceptors (Lipinski definition) is 4. The third-order valence-corrected chi connectivity index (χ3v) is 2.40. The lowest BCUT2D eigenvalue weighted by Crippen LogP contribution is -2.42. The minimum Gasteiger partial charge on any atom is -0.383 e. The van der Waals surface area contributed by atoms with Crippen molar-refractivity contribution in [2.45, 2.75) is 18.9 Å². The Morgan fingerprint density at radius 2 is 2.44 bits per heavy atom. The molecule has 0 aliphatic carbocycles. The van der Waals surface area contributed by atoms with Crippen LogP contribution in [0.4, 0.5) is 0 Å². The molecule has 0 aromatic heterocycles. The molecule has 1 heterocycles. The fraction of sp³-hybridized carbons (Fsp3) is 0.800. The molecule has 0 radical (unpaired) electrons. The van der Waals surface area contributed by atoms with Crippen molar-refractivity contribution >= 4 is 11.8 Å². The Balaban J connectivity index is 1.99. The van der Waals surface area contributed by atoms with Gasteiger partial charge in [0.15, 0.2) is 0 Å². The molecular formula is C10H19N3O3. The van der Waals surface area contributed by atoms with Crippen LogP contribution in [0.25, 0.3) is 0 Å². The maximum Gasteiger partial charge on any atom is 0.234 e. The minimum absolute atomic E-state index is 0.0581. The number of hydrogen-bond donors (Lipinski definition) is 3. The number of methoxy groups -OCH3 is 1. The molecule has 1 aliphatic rings. The summed E-state index contributed by atoms with van der Waals surface area (Å²) in [6.07, 6.45) is 1.36. The third kappa shape index (κ3) is 5.09. The van der Waals surface area contributed by atoms with Gasteiger partial charge in [-0.1, -0.05) is 0 Å². The molecule has 2 amide bonds. The van der Waals surface area contributed by atoms with Crippen molar-refractivity contribution in [3.05, 3.63) is 0 Å². The first-order chi connectivity index (χ1) is 7.72. The predicted molar refractivity (Wildman–Crippen MR) is 58.9 cm³/mol. The Morgan fingerprint density at radius 3 is 3.06 bits per heavy atom. The molecule has 6 nitrogen and oxygen atoms in total. The normalized spacial score (nSPS) is 19.6. The summed E-state index contributed by atoms with van der Waals surface area (Å²) in [6, 6.07) is 0.0930. The molecule has 1 aliphatic heterocycles. The van der Waals surface area contributed by atoms with Crippen molar-refractivity contribution in [1.29, 1.82) is 0 Å². The lowest BCUT2D eigenvalue weighted by Gasteiger charge is -2.11. The number of ether oxygens (including phenoxy) is 1. The topological polar surface area (TPSA) is 79.5 Å². The molecule has 6 heteroatoms. The summed E-state index contributed by atoms with van der Waals surface area (Å²) in [5.74, 6) is 0.00900. The average Bonchev–Trinajstić information content (AvgIpc) is 2.68. The maximum atomic E-state index is 11.3. The van der Waals surface area contributed by atoms with Gasteiger partial charge in [-0.15, -0.1) is 0 Å². The Labute approximate surface area is 95.1 Å². The van der Waals surface area contributed by atoms with Crippen LogP contribution in [-0.4, -0.2) is 51.2 Å². The number of rotatable bonds is 7. The standard InChI is InChI=1S/C10H19N3O3/c1-16-5-4-11-7-10(15)12-6-8-2-3-9(14)13-8/h8,11H,2-7H2,1H3,(H,12,15)(H,13,14). The monoisotopic (exact) mass is 229 g/mol. The lowest BCUT2D eigenvalue weighted by molar-refractivity contribution is -0.121. The van der Waals surface area contributed by atoms with Crippen molar-refractivity contribution in [3.63, 3.8) is 0 Å². The van der Waals surface area contributed by atoms with E-state index >= 15 is 0 Å². The van der Waals surface area contributed by atoms with Crippen molar-refractivity contribution in [2.75, 3.05) is 33.4 Å². The van der Waals surface area contributed by atoms with E-state index in [-0.39, 0.29) is 24.4 Å². The van der Waals surface area contributed by atoms with E-state index in [0.29, 0.717) is 26.1 Å². The van der Waals surface area contributed by atoms with E-state index in [1.54, 1.807) is 7.11 Å². The van der Waals surface area contributed by atoms with Crippen LogP contribution in [0.15, 0.2) is 0 Å². The van der Waals surface area contributed by atoms with Crippen LogP contribution in [-0.2, 0) is 14.3 Å². The summed E-state index contributed by atoms with van der Waals surface area (Å²) >= 11 is 0. The highest BCUT2D eigenvalue weighted by atomic mass is 16.5. The molecule has 0 saturated carbocycles. The van der Waals surface area contributed by atoms with Gasteiger partial charge in [-0.25, -0.2) is 0 Å². The third-order valence-electron chi connectivity index (χ3n) is 2.40. The van der Waals surface area contributed by atoms with Crippen LogP contribution in [0.5, 0.6) is 0 Å².